The van der Waals surface area contributed by atoms with E-state index in [0.717, 1.165) is 51.1 Å². The molecule has 2 N–H and O–H groups in total. The molecular weight excluding hydrogens is 371 g/mol. The third-order valence-electron chi connectivity index (χ3n) is 4.44. The van der Waals surface area contributed by atoms with Gasteiger partial charge in [-0.15, -0.1) is 37.2 Å². The summed E-state index contributed by atoms with van der Waals surface area (Å²) in [7, 11) is 0. The SMILES string of the molecule is Cc1ccc(N2CCC(NC(=O)C3CCCN3)CC2)nc1.Cl.Cl.Cl. The van der Waals surface area contributed by atoms with E-state index in [1.165, 1.54) is 5.56 Å². The topological polar surface area (TPSA) is 57.3 Å². The normalized spacial score (nSPS) is 20.4. The second kappa shape index (κ2) is 11.0. The number of carbonyl (C=O) groups is 1. The maximum atomic E-state index is 12.1. The third kappa shape index (κ3) is 5.96. The molecule has 1 atom stereocenters. The van der Waals surface area contributed by atoms with Crippen molar-refractivity contribution in [2.75, 3.05) is 24.5 Å². The molecule has 0 bridgehead atoms. The Kier molecular flexibility index (Phi) is 10.6. The van der Waals surface area contributed by atoms with Crippen LogP contribution in [0.5, 0.6) is 0 Å². The molecule has 1 amide bonds. The van der Waals surface area contributed by atoms with Gasteiger partial charge in [0.25, 0.3) is 0 Å². The minimum Gasteiger partial charge on any atom is -0.356 e. The molecule has 1 aromatic heterocycles. The van der Waals surface area contributed by atoms with Crippen LogP contribution < -0.4 is 15.5 Å². The average Bonchev–Trinajstić information content (AvgIpc) is 3.03. The number of carbonyl (C=O) groups excluding carboxylic acids is 1. The predicted molar refractivity (Wildman–Crippen MR) is 105 cm³/mol. The lowest BCUT2D eigenvalue weighted by Gasteiger charge is -2.33. The molecule has 0 aliphatic carbocycles. The van der Waals surface area contributed by atoms with Crippen molar-refractivity contribution in [1.29, 1.82) is 0 Å². The van der Waals surface area contributed by atoms with Crippen LogP contribution in [0.2, 0.25) is 0 Å². The van der Waals surface area contributed by atoms with Crippen LogP contribution in [-0.2, 0) is 4.79 Å². The first-order chi connectivity index (χ1) is 10.2. The molecule has 5 nitrogen and oxygen atoms in total. The first kappa shape index (κ1) is 23.2. The summed E-state index contributed by atoms with van der Waals surface area (Å²) >= 11 is 0. The van der Waals surface area contributed by atoms with Crippen molar-refractivity contribution in [1.82, 2.24) is 15.6 Å². The van der Waals surface area contributed by atoms with Gasteiger partial charge in [0.05, 0.1) is 6.04 Å². The summed E-state index contributed by atoms with van der Waals surface area (Å²) in [4.78, 5) is 18.9. The summed E-state index contributed by atoms with van der Waals surface area (Å²) in [6.07, 6.45) is 5.98. The summed E-state index contributed by atoms with van der Waals surface area (Å²) in [6.45, 7) is 4.93. The fraction of sp³-hybridized carbons (Fsp3) is 0.625. The molecular formula is C16H27Cl3N4O. The van der Waals surface area contributed by atoms with Gasteiger partial charge in [-0.25, -0.2) is 4.98 Å². The van der Waals surface area contributed by atoms with Crippen molar-refractivity contribution in [3.8, 4) is 0 Å². The number of amides is 1. The molecule has 1 unspecified atom stereocenters. The van der Waals surface area contributed by atoms with Crippen molar-refractivity contribution in [2.45, 2.75) is 44.7 Å². The third-order valence-corrected chi connectivity index (χ3v) is 4.44. The first-order valence-electron chi connectivity index (χ1n) is 7.94. The maximum Gasteiger partial charge on any atom is 0.237 e. The van der Waals surface area contributed by atoms with Crippen LogP contribution in [0.3, 0.4) is 0 Å². The second-order valence-corrected chi connectivity index (χ2v) is 6.11. The Morgan fingerprint density at radius 1 is 1.21 bits per heavy atom. The van der Waals surface area contributed by atoms with Gasteiger partial charge in [-0.05, 0) is 50.8 Å². The molecule has 2 aliphatic rings. The number of hydrogen-bond acceptors (Lipinski definition) is 4. The van der Waals surface area contributed by atoms with Gasteiger partial charge in [-0.2, -0.15) is 0 Å². The largest absolute Gasteiger partial charge is 0.356 e. The Balaban J connectivity index is 0.00000176. The molecule has 0 aromatic carbocycles. The molecule has 24 heavy (non-hydrogen) atoms. The summed E-state index contributed by atoms with van der Waals surface area (Å²) < 4.78 is 0. The quantitative estimate of drug-likeness (QED) is 0.823. The van der Waals surface area contributed by atoms with E-state index in [1.54, 1.807) is 0 Å². The van der Waals surface area contributed by atoms with Crippen LogP contribution in [0.1, 0.15) is 31.2 Å². The minimum absolute atomic E-state index is 0. The highest BCUT2D eigenvalue weighted by atomic mass is 35.5. The van der Waals surface area contributed by atoms with Gasteiger partial charge in [-0.1, -0.05) is 6.07 Å². The number of halogens is 3. The number of aryl methyl sites for hydroxylation is 1. The molecule has 2 fully saturated rings. The summed E-state index contributed by atoms with van der Waals surface area (Å²) in [5.41, 5.74) is 1.19. The number of nitrogens with one attached hydrogen (secondary N) is 2. The van der Waals surface area contributed by atoms with E-state index in [4.69, 9.17) is 0 Å². The first-order valence-corrected chi connectivity index (χ1v) is 7.94. The second-order valence-electron chi connectivity index (χ2n) is 6.11. The number of aromatic nitrogens is 1. The molecule has 138 valence electrons. The summed E-state index contributed by atoms with van der Waals surface area (Å²) in [5, 5.41) is 6.45. The van der Waals surface area contributed by atoms with Gasteiger partial charge >= 0.3 is 0 Å². The van der Waals surface area contributed by atoms with Crippen molar-refractivity contribution in [2.24, 2.45) is 0 Å². The summed E-state index contributed by atoms with van der Waals surface area (Å²) in [5.74, 6) is 1.22. The Morgan fingerprint density at radius 3 is 2.46 bits per heavy atom. The number of piperidine rings is 1. The molecule has 1 aromatic rings. The zero-order valence-corrected chi connectivity index (χ0v) is 16.3. The van der Waals surface area contributed by atoms with Gasteiger partial charge in [0, 0.05) is 25.3 Å². The Hall–Kier alpha value is -0.750. The number of nitrogens with zero attached hydrogens (tertiary/aromatic N) is 2. The Morgan fingerprint density at radius 2 is 1.92 bits per heavy atom. The molecule has 2 aliphatic heterocycles. The molecule has 0 radical (unpaired) electrons. The highest BCUT2D eigenvalue weighted by Crippen LogP contribution is 2.18. The van der Waals surface area contributed by atoms with Crippen LogP contribution in [0.15, 0.2) is 18.3 Å². The molecule has 3 heterocycles. The Labute approximate surface area is 162 Å². The molecule has 0 spiro atoms. The van der Waals surface area contributed by atoms with Crippen LogP contribution in [-0.4, -0.2) is 42.6 Å². The predicted octanol–water partition coefficient (Wildman–Crippen LogP) is 2.49. The van der Waals surface area contributed by atoms with E-state index in [0.29, 0.717) is 6.04 Å². The van der Waals surface area contributed by atoms with Crippen molar-refractivity contribution in [3.63, 3.8) is 0 Å². The van der Waals surface area contributed by atoms with Gasteiger partial charge in [0.1, 0.15) is 5.82 Å². The lowest BCUT2D eigenvalue weighted by Crippen LogP contribution is -2.49. The van der Waals surface area contributed by atoms with E-state index < -0.39 is 0 Å². The number of hydrogen-bond donors (Lipinski definition) is 2. The lowest BCUT2D eigenvalue weighted by atomic mass is 10.0. The highest BCUT2D eigenvalue weighted by Gasteiger charge is 2.26. The summed E-state index contributed by atoms with van der Waals surface area (Å²) in [6, 6.07) is 4.52. The molecule has 0 saturated carbocycles. The van der Waals surface area contributed by atoms with Crippen molar-refractivity contribution >= 4 is 48.9 Å². The molecule has 3 rings (SSSR count). The standard InChI is InChI=1S/C16H24N4O.3ClH/c1-12-4-5-15(18-11-12)20-9-6-13(7-10-20)19-16(21)14-3-2-8-17-14;;;/h4-5,11,13-14,17H,2-3,6-10H2,1H3,(H,19,21);3*1H. The van der Waals surface area contributed by atoms with E-state index in [9.17, 15) is 4.79 Å². The zero-order valence-electron chi connectivity index (χ0n) is 13.9. The molecule has 8 heteroatoms. The highest BCUT2D eigenvalue weighted by molar-refractivity contribution is 5.86. The Bertz CT molecular complexity index is 487. The monoisotopic (exact) mass is 396 g/mol. The number of rotatable bonds is 3. The molecule has 2 saturated heterocycles. The van der Waals surface area contributed by atoms with E-state index >= 15 is 0 Å². The van der Waals surface area contributed by atoms with Crippen LogP contribution in [0.4, 0.5) is 5.82 Å². The van der Waals surface area contributed by atoms with Gasteiger partial charge in [0.15, 0.2) is 0 Å². The maximum absolute atomic E-state index is 12.1. The van der Waals surface area contributed by atoms with Gasteiger partial charge in [0.2, 0.25) is 5.91 Å². The van der Waals surface area contributed by atoms with E-state index in [-0.39, 0.29) is 49.2 Å². The van der Waals surface area contributed by atoms with Gasteiger partial charge in [-0.3, -0.25) is 4.79 Å². The fourth-order valence-corrected chi connectivity index (χ4v) is 3.11. The lowest BCUT2D eigenvalue weighted by molar-refractivity contribution is -0.123. The van der Waals surface area contributed by atoms with E-state index in [1.807, 2.05) is 6.20 Å². The van der Waals surface area contributed by atoms with Crippen LogP contribution >= 0.6 is 37.2 Å². The smallest absolute Gasteiger partial charge is 0.237 e. The minimum atomic E-state index is 0. The van der Waals surface area contributed by atoms with Crippen molar-refractivity contribution in [3.05, 3.63) is 23.9 Å². The van der Waals surface area contributed by atoms with Gasteiger partial charge < -0.3 is 15.5 Å². The average molecular weight is 398 g/mol. The van der Waals surface area contributed by atoms with Crippen LogP contribution in [0, 0.1) is 6.92 Å². The number of anilines is 1. The van der Waals surface area contributed by atoms with Crippen molar-refractivity contribution < 1.29 is 4.79 Å². The van der Waals surface area contributed by atoms with E-state index in [2.05, 4.69) is 39.6 Å². The van der Waals surface area contributed by atoms with Crippen LogP contribution in [0.25, 0.3) is 0 Å². The fourth-order valence-electron chi connectivity index (χ4n) is 3.11. The zero-order chi connectivity index (χ0) is 14.7. The number of pyridine rings is 1.